The van der Waals surface area contributed by atoms with Gasteiger partial charge < -0.3 is 14.5 Å². The van der Waals surface area contributed by atoms with Gasteiger partial charge in [0, 0.05) is 32.1 Å². The molecular formula is C10H14N2O3. The number of aliphatic hydroxyl groups excluding tert-OH is 1. The second kappa shape index (κ2) is 3.66. The van der Waals surface area contributed by atoms with Crippen LogP contribution >= 0.6 is 0 Å². The number of nitrogens with zero attached hydrogens (tertiary/aromatic N) is 2. The SMILES string of the molecule is Cc1cc(C2C(CO)CC(=O)N2C)on1. The van der Waals surface area contributed by atoms with E-state index in [4.69, 9.17) is 4.52 Å². The van der Waals surface area contributed by atoms with Gasteiger partial charge in [0.25, 0.3) is 0 Å². The quantitative estimate of drug-likeness (QED) is 0.771. The molecule has 0 aliphatic carbocycles. The largest absolute Gasteiger partial charge is 0.396 e. The second-order valence-corrected chi connectivity index (χ2v) is 3.97. The lowest BCUT2D eigenvalue weighted by Crippen LogP contribution is -2.24. The lowest BCUT2D eigenvalue weighted by molar-refractivity contribution is -0.127. The van der Waals surface area contributed by atoms with Gasteiger partial charge in [-0.3, -0.25) is 4.79 Å². The van der Waals surface area contributed by atoms with Gasteiger partial charge in [-0.2, -0.15) is 0 Å². The van der Waals surface area contributed by atoms with Gasteiger partial charge in [0.2, 0.25) is 5.91 Å². The molecule has 2 rings (SSSR count). The lowest BCUT2D eigenvalue weighted by atomic mass is 9.99. The maximum atomic E-state index is 11.5. The van der Waals surface area contributed by atoms with Crippen molar-refractivity contribution in [2.45, 2.75) is 19.4 Å². The average molecular weight is 210 g/mol. The molecule has 1 aromatic heterocycles. The van der Waals surface area contributed by atoms with E-state index in [-0.39, 0.29) is 24.5 Å². The third-order valence-corrected chi connectivity index (χ3v) is 2.87. The van der Waals surface area contributed by atoms with Crippen molar-refractivity contribution in [1.29, 1.82) is 0 Å². The summed E-state index contributed by atoms with van der Waals surface area (Å²) in [6.07, 6.45) is 0.372. The summed E-state index contributed by atoms with van der Waals surface area (Å²) >= 11 is 0. The highest BCUT2D eigenvalue weighted by Gasteiger charge is 2.40. The number of amides is 1. The summed E-state index contributed by atoms with van der Waals surface area (Å²) in [6.45, 7) is 1.82. The van der Waals surface area contributed by atoms with Crippen LogP contribution in [0.3, 0.4) is 0 Å². The number of aromatic nitrogens is 1. The summed E-state index contributed by atoms with van der Waals surface area (Å²) in [5, 5.41) is 13.0. The smallest absolute Gasteiger partial charge is 0.223 e. The fourth-order valence-electron chi connectivity index (χ4n) is 2.06. The Morgan fingerprint density at radius 3 is 3.00 bits per heavy atom. The van der Waals surface area contributed by atoms with Crippen molar-refractivity contribution in [3.8, 4) is 0 Å². The monoisotopic (exact) mass is 210 g/mol. The molecule has 0 saturated carbocycles. The maximum absolute atomic E-state index is 11.5. The van der Waals surface area contributed by atoms with Crippen LogP contribution in [0.4, 0.5) is 0 Å². The zero-order valence-electron chi connectivity index (χ0n) is 8.80. The Bertz CT molecular complexity index is 374. The molecule has 1 fully saturated rings. The summed E-state index contributed by atoms with van der Waals surface area (Å²) in [5.41, 5.74) is 0.787. The Kier molecular flexibility index (Phi) is 2.48. The van der Waals surface area contributed by atoms with Crippen LogP contribution in [-0.2, 0) is 4.79 Å². The van der Waals surface area contributed by atoms with Crippen molar-refractivity contribution < 1.29 is 14.4 Å². The Morgan fingerprint density at radius 1 is 1.73 bits per heavy atom. The van der Waals surface area contributed by atoms with Crippen molar-refractivity contribution in [2.24, 2.45) is 5.92 Å². The minimum atomic E-state index is -0.177. The molecule has 2 heterocycles. The number of carbonyl (C=O) groups is 1. The van der Waals surface area contributed by atoms with Gasteiger partial charge in [0.15, 0.2) is 5.76 Å². The molecule has 5 nitrogen and oxygen atoms in total. The number of aryl methyl sites for hydroxylation is 1. The Balaban J connectivity index is 2.30. The van der Waals surface area contributed by atoms with Crippen LogP contribution < -0.4 is 0 Å². The van der Waals surface area contributed by atoms with E-state index < -0.39 is 0 Å². The van der Waals surface area contributed by atoms with Crippen LogP contribution in [0.1, 0.15) is 23.9 Å². The highest BCUT2D eigenvalue weighted by Crippen LogP contribution is 2.36. The molecule has 2 atom stereocenters. The predicted molar refractivity (Wildman–Crippen MR) is 51.9 cm³/mol. The molecule has 5 heteroatoms. The van der Waals surface area contributed by atoms with Crippen LogP contribution in [0.15, 0.2) is 10.6 Å². The zero-order valence-corrected chi connectivity index (χ0v) is 8.80. The fourth-order valence-corrected chi connectivity index (χ4v) is 2.06. The average Bonchev–Trinajstić information content (AvgIpc) is 2.73. The highest BCUT2D eigenvalue weighted by atomic mass is 16.5. The van der Waals surface area contributed by atoms with Crippen molar-refractivity contribution in [3.63, 3.8) is 0 Å². The standard InChI is InChI=1S/C10H14N2O3/c1-6-3-8(15-11-6)10-7(5-13)4-9(14)12(10)2/h3,7,10,13H,4-5H2,1-2H3. The zero-order chi connectivity index (χ0) is 11.0. The molecule has 0 spiro atoms. The topological polar surface area (TPSA) is 66.6 Å². The van der Waals surface area contributed by atoms with Gasteiger partial charge in [0.1, 0.15) is 0 Å². The molecule has 1 aliphatic heterocycles. The van der Waals surface area contributed by atoms with E-state index in [1.54, 1.807) is 11.9 Å². The second-order valence-electron chi connectivity index (χ2n) is 3.97. The first kappa shape index (κ1) is 10.2. The third-order valence-electron chi connectivity index (χ3n) is 2.87. The first-order valence-electron chi connectivity index (χ1n) is 4.93. The molecule has 1 aliphatic rings. The summed E-state index contributed by atoms with van der Waals surface area (Å²) in [4.78, 5) is 13.1. The summed E-state index contributed by atoms with van der Waals surface area (Å²) in [6, 6.07) is 1.63. The van der Waals surface area contributed by atoms with Gasteiger partial charge in [-0.1, -0.05) is 5.16 Å². The van der Waals surface area contributed by atoms with Gasteiger partial charge in [0.05, 0.1) is 11.7 Å². The molecule has 15 heavy (non-hydrogen) atoms. The molecule has 2 unspecified atom stereocenters. The molecular weight excluding hydrogens is 196 g/mol. The summed E-state index contributed by atoms with van der Waals surface area (Å²) in [5.74, 6) is 0.600. The summed E-state index contributed by atoms with van der Waals surface area (Å²) < 4.78 is 5.14. The van der Waals surface area contributed by atoms with Crippen LogP contribution in [0.5, 0.6) is 0 Å². The first-order chi connectivity index (χ1) is 7.13. The number of carbonyl (C=O) groups excluding carboxylic acids is 1. The van der Waals surface area contributed by atoms with Crippen molar-refractivity contribution >= 4 is 5.91 Å². The van der Waals surface area contributed by atoms with E-state index >= 15 is 0 Å². The van der Waals surface area contributed by atoms with Crippen molar-refractivity contribution in [2.75, 3.05) is 13.7 Å². The lowest BCUT2D eigenvalue weighted by Gasteiger charge is -2.20. The maximum Gasteiger partial charge on any atom is 0.223 e. The number of aliphatic hydroxyl groups is 1. The highest BCUT2D eigenvalue weighted by molar-refractivity contribution is 5.79. The number of hydrogen-bond acceptors (Lipinski definition) is 4. The minimum absolute atomic E-state index is 0.0134. The van der Waals surface area contributed by atoms with Crippen LogP contribution in [0, 0.1) is 12.8 Å². The number of likely N-dealkylation sites (tertiary alicyclic amines) is 1. The van der Waals surface area contributed by atoms with Crippen LogP contribution in [-0.4, -0.2) is 34.7 Å². The summed E-state index contributed by atoms with van der Waals surface area (Å²) in [7, 11) is 1.72. The van der Waals surface area contributed by atoms with E-state index in [1.165, 1.54) is 0 Å². The fraction of sp³-hybridized carbons (Fsp3) is 0.600. The predicted octanol–water partition coefficient (Wildman–Crippen LogP) is 0.495. The van der Waals surface area contributed by atoms with Gasteiger partial charge in [-0.15, -0.1) is 0 Å². The number of rotatable bonds is 2. The van der Waals surface area contributed by atoms with Gasteiger partial charge in [-0.05, 0) is 6.92 Å². The normalized spacial score (nSPS) is 26.3. The minimum Gasteiger partial charge on any atom is -0.396 e. The van der Waals surface area contributed by atoms with E-state index in [0.29, 0.717) is 12.2 Å². The van der Waals surface area contributed by atoms with E-state index in [0.717, 1.165) is 5.69 Å². The molecule has 0 radical (unpaired) electrons. The molecule has 0 bridgehead atoms. The van der Waals surface area contributed by atoms with Crippen LogP contribution in [0.25, 0.3) is 0 Å². The van der Waals surface area contributed by atoms with E-state index in [9.17, 15) is 9.90 Å². The third kappa shape index (κ3) is 1.63. The van der Waals surface area contributed by atoms with Gasteiger partial charge >= 0.3 is 0 Å². The van der Waals surface area contributed by atoms with Gasteiger partial charge in [-0.25, -0.2) is 0 Å². The number of hydrogen-bond donors (Lipinski definition) is 1. The molecule has 82 valence electrons. The van der Waals surface area contributed by atoms with Crippen molar-refractivity contribution in [1.82, 2.24) is 10.1 Å². The Labute approximate surface area is 87.7 Å². The Hall–Kier alpha value is -1.36. The molecule has 0 aromatic carbocycles. The molecule has 1 N–H and O–H groups in total. The van der Waals surface area contributed by atoms with E-state index in [2.05, 4.69) is 5.16 Å². The first-order valence-corrected chi connectivity index (χ1v) is 4.93. The Morgan fingerprint density at radius 2 is 2.47 bits per heavy atom. The molecule has 1 saturated heterocycles. The van der Waals surface area contributed by atoms with Crippen molar-refractivity contribution in [3.05, 3.63) is 17.5 Å². The molecule has 1 amide bonds. The molecule has 1 aromatic rings. The van der Waals surface area contributed by atoms with E-state index in [1.807, 2.05) is 13.0 Å². The van der Waals surface area contributed by atoms with Crippen LogP contribution in [0.2, 0.25) is 0 Å².